The summed E-state index contributed by atoms with van der Waals surface area (Å²) >= 11 is 0. The number of hydrogen-bond donors (Lipinski definition) is 4. The average molecular weight is 248 g/mol. The van der Waals surface area contributed by atoms with E-state index in [4.69, 9.17) is 30.0 Å². The molecule has 0 aromatic heterocycles. The maximum absolute atomic E-state index is 9.01. The maximum Gasteiger partial charge on any atom is 2.00 e. The minimum absolute atomic E-state index is 0. The van der Waals surface area contributed by atoms with Crippen molar-refractivity contribution in [3.8, 4) is 0 Å². The molecule has 0 aliphatic heterocycles. The molecule has 0 fully saturated rings. The first kappa shape index (κ1) is 29.5. The predicted octanol–water partition coefficient (Wildman–Crippen LogP) is -4.22. The van der Waals surface area contributed by atoms with Gasteiger partial charge in [0.05, 0.1) is 25.2 Å². The Hall–Kier alpha value is -0.701. The first-order valence-corrected chi connectivity index (χ1v) is 2.16. The molecule has 0 saturated carbocycles. The van der Waals surface area contributed by atoms with E-state index < -0.39 is 25.2 Å². The van der Waals surface area contributed by atoms with Gasteiger partial charge in [0.25, 0.3) is 0 Å². The number of rotatable bonds is 2. The zero-order valence-corrected chi connectivity index (χ0v) is 7.60. The van der Waals surface area contributed by atoms with E-state index in [1.165, 1.54) is 0 Å². The van der Waals surface area contributed by atoms with Crippen molar-refractivity contribution in [1.82, 2.24) is 12.3 Å². The first-order chi connectivity index (χ1) is 4.54. The molecule has 8 nitrogen and oxygen atoms in total. The van der Waals surface area contributed by atoms with E-state index in [1.807, 2.05) is 0 Å². The summed E-state index contributed by atoms with van der Waals surface area (Å²) in [4.78, 5) is 18.0. The van der Waals surface area contributed by atoms with E-state index in [2.05, 4.69) is 0 Å². The van der Waals surface area contributed by atoms with Gasteiger partial charge in [-0.25, -0.2) is 0 Å². The fourth-order valence-corrected chi connectivity index (χ4v) is 0. The number of carboxylic acid groups (broad SMARTS) is 2. The predicted molar refractivity (Wildman–Crippen MR) is 34.2 cm³/mol. The van der Waals surface area contributed by atoms with Crippen LogP contribution in [0.15, 0.2) is 0 Å². The third kappa shape index (κ3) is 89.8. The molecule has 0 atom stereocenters. The smallest absolute Gasteiger partial charge is 0.548 e. The molecule has 9 heteroatoms. The van der Waals surface area contributed by atoms with Crippen LogP contribution in [0.5, 0.6) is 0 Å². The van der Waals surface area contributed by atoms with Gasteiger partial charge in [-0.15, -0.1) is 0 Å². The van der Waals surface area contributed by atoms with Crippen molar-refractivity contribution < 1.29 is 47.1 Å². The normalized spacial score (nSPS) is 5.69. The summed E-state index contributed by atoms with van der Waals surface area (Å²) in [6, 6.07) is 0. The summed E-state index contributed by atoms with van der Waals surface area (Å²) < 4.78 is 0. The Bertz CT molecular complexity index is 107. The zero-order valence-electron chi connectivity index (χ0n) is 6.66. The Morgan fingerprint density at radius 2 is 1.00 bits per heavy atom. The molecule has 0 aliphatic rings. The molecular formula is C4H12CuN2O6. The van der Waals surface area contributed by atoms with Crippen LogP contribution in [0.2, 0.25) is 0 Å². The second-order valence-corrected chi connectivity index (χ2v) is 1.06. The number of aliphatic hydroxyl groups is 2. The molecule has 0 bridgehead atoms. The molecule has 0 rings (SSSR count). The first-order valence-electron chi connectivity index (χ1n) is 2.16. The molecule has 85 valence electrons. The summed E-state index contributed by atoms with van der Waals surface area (Å²) in [7, 11) is 0. The Morgan fingerprint density at radius 3 is 1.00 bits per heavy atom. The second kappa shape index (κ2) is 22.5. The van der Waals surface area contributed by atoms with Crippen LogP contribution in [0, 0.1) is 0 Å². The van der Waals surface area contributed by atoms with E-state index in [-0.39, 0.29) is 29.4 Å². The van der Waals surface area contributed by atoms with Gasteiger partial charge in [-0.1, -0.05) is 0 Å². The molecule has 13 heavy (non-hydrogen) atoms. The molecule has 0 saturated heterocycles. The molecule has 0 amide bonds. The molecule has 0 aromatic rings. The topological polar surface area (TPSA) is 191 Å². The van der Waals surface area contributed by atoms with Gasteiger partial charge in [0.15, 0.2) is 0 Å². The minimum atomic E-state index is -1.44. The van der Waals surface area contributed by atoms with Gasteiger partial charge < -0.3 is 42.3 Å². The largest absolute Gasteiger partial charge is 2.00 e. The molecule has 8 N–H and O–H groups in total. The van der Waals surface area contributed by atoms with Gasteiger partial charge >= 0.3 is 17.1 Å². The summed E-state index contributed by atoms with van der Waals surface area (Å²) in [5.41, 5.74) is 0. The second-order valence-electron chi connectivity index (χ2n) is 1.06. The molecule has 0 spiro atoms. The van der Waals surface area contributed by atoms with E-state index in [0.717, 1.165) is 0 Å². The van der Waals surface area contributed by atoms with Gasteiger partial charge in [-0.05, 0) is 0 Å². The van der Waals surface area contributed by atoms with Crippen LogP contribution in [-0.2, 0) is 26.7 Å². The summed E-state index contributed by atoms with van der Waals surface area (Å²) in [6.45, 7) is -1.78. The van der Waals surface area contributed by atoms with Crippen molar-refractivity contribution in [2.45, 2.75) is 0 Å². The van der Waals surface area contributed by atoms with E-state index in [9.17, 15) is 0 Å². The summed E-state index contributed by atoms with van der Waals surface area (Å²) in [5, 5.41) is 33.0. The van der Waals surface area contributed by atoms with E-state index in [0.29, 0.717) is 0 Å². The Kier molecular flexibility index (Phi) is 51.0. The summed E-state index contributed by atoms with van der Waals surface area (Å²) in [6.07, 6.45) is 0. The SMILES string of the molecule is N.N.O=C([O-])CO.O=C([O-])CO.[Cu+2]. The van der Waals surface area contributed by atoms with E-state index in [1.54, 1.807) is 0 Å². The van der Waals surface area contributed by atoms with Gasteiger partial charge in [0.1, 0.15) is 0 Å². The monoisotopic (exact) mass is 247 g/mol. The van der Waals surface area contributed by atoms with Crippen molar-refractivity contribution in [3.05, 3.63) is 0 Å². The van der Waals surface area contributed by atoms with Crippen molar-refractivity contribution in [2.24, 2.45) is 0 Å². The zero-order chi connectivity index (χ0) is 8.57. The van der Waals surface area contributed by atoms with Crippen LogP contribution in [0.4, 0.5) is 0 Å². The van der Waals surface area contributed by atoms with Gasteiger partial charge in [0.2, 0.25) is 0 Å². The summed E-state index contributed by atoms with van der Waals surface area (Å²) in [5.74, 6) is -2.88. The number of carbonyl (C=O) groups excluding carboxylic acids is 2. The van der Waals surface area contributed by atoms with Gasteiger partial charge in [-0.2, -0.15) is 0 Å². The quantitative estimate of drug-likeness (QED) is 0.353. The minimum Gasteiger partial charge on any atom is -0.548 e. The van der Waals surface area contributed by atoms with Crippen molar-refractivity contribution >= 4 is 11.9 Å². The third-order valence-corrected chi connectivity index (χ3v) is 0.258. The van der Waals surface area contributed by atoms with E-state index >= 15 is 0 Å². The third-order valence-electron chi connectivity index (χ3n) is 0.258. The van der Waals surface area contributed by atoms with Gasteiger partial charge in [0, 0.05) is 0 Å². The number of carboxylic acids is 2. The number of aliphatic hydroxyl groups excluding tert-OH is 2. The van der Waals surface area contributed by atoms with Crippen molar-refractivity contribution in [2.75, 3.05) is 13.2 Å². The average Bonchev–Trinajstić information content (AvgIpc) is 1.89. The van der Waals surface area contributed by atoms with Crippen LogP contribution in [0.3, 0.4) is 0 Å². The van der Waals surface area contributed by atoms with Crippen LogP contribution >= 0.6 is 0 Å². The van der Waals surface area contributed by atoms with Crippen LogP contribution in [0.25, 0.3) is 0 Å². The Labute approximate surface area is 85.2 Å². The van der Waals surface area contributed by atoms with Gasteiger partial charge in [-0.3, -0.25) is 0 Å². The molecule has 0 unspecified atom stereocenters. The molecule has 0 heterocycles. The molecule has 0 aliphatic carbocycles. The maximum atomic E-state index is 9.01. The fraction of sp³-hybridized carbons (Fsp3) is 0.500. The van der Waals surface area contributed by atoms with Crippen LogP contribution < -0.4 is 22.5 Å². The Balaban J connectivity index is -0.0000000267. The fourth-order valence-electron chi connectivity index (χ4n) is 0. The molecule has 1 radical (unpaired) electrons. The molecular weight excluding hydrogens is 236 g/mol. The number of hydrogen-bond acceptors (Lipinski definition) is 8. The number of carbonyl (C=O) groups is 2. The standard InChI is InChI=1S/2C2H4O3.Cu.2H3N/c2*3-1-2(4)5;;;/h2*3H,1H2,(H,4,5);;2*1H3/q;;+2;;/p-2. The molecule has 0 aromatic carbocycles. The van der Waals surface area contributed by atoms with Crippen LogP contribution in [-0.4, -0.2) is 35.4 Å². The van der Waals surface area contributed by atoms with Crippen LogP contribution in [0.1, 0.15) is 0 Å². The Morgan fingerprint density at radius 1 is 0.923 bits per heavy atom. The van der Waals surface area contributed by atoms with Crippen molar-refractivity contribution in [3.63, 3.8) is 0 Å². The number of aliphatic carboxylic acids is 2. The van der Waals surface area contributed by atoms with Crippen molar-refractivity contribution in [1.29, 1.82) is 0 Å².